The molecule has 50 valence electrons. The van der Waals surface area contributed by atoms with Gasteiger partial charge in [0.1, 0.15) is 0 Å². The molecule has 0 spiro atoms. The molecule has 0 radical (unpaired) electrons. The van der Waals surface area contributed by atoms with Crippen molar-refractivity contribution >= 4 is 10.9 Å². The largest absolute Gasteiger partial charge is 0.268 e. The maximum absolute atomic E-state index is 7.45. The molecule has 1 aromatic heterocycles. The number of hydrogen-bond donors (Lipinski definition) is 0. The summed E-state index contributed by atoms with van der Waals surface area (Å²) in [6.07, 6.45) is 0.350. The molecule has 0 saturated carbocycles. The summed E-state index contributed by atoms with van der Waals surface area (Å²) in [6, 6.07) is 7.73. The fraction of sp³-hybridized carbons (Fsp3) is 0.125. The minimum Gasteiger partial charge on any atom is -0.268 e. The minimum atomic E-state index is 0.350. The second kappa shape index (κ2) is 1.84. The molecule has 2 rings (SSSR count). The Balaban J connectivity index is 2.95. The zero-order chi connectivity index (χ0) is 7.84. The Morgan fingerprint density at radius 2 is 2.30 bits per heavy atom. The van der Waals surface area contributed by atoms with Crippen molar-refractivity contribution in [3.05, 3.63) is 30.4 Å². The van der Waals surface area contributed by atoms with Crippen LogP contribution in [0.2, 0.25) is 0 Å². The van der Waals surface area contributed by atoms with Gasteiger partial charge in [0.05, 0.1) is 13.1 Å². The van der Waals surface area contributed by atoms with Gasteiger partial charge in [0.25, 0.3) is 0 Å². The van der Waals surface area contributed by atoms with Crippen molar-refractivity contribution in [3.63, 3.8) is 0 Å². The van der Waals surface area contributed by atoms with Crippen molar-refractivity contribution in [3.8, 4) is 0 Å². The Kier molecular flexibility index (Phi) is 0.826. The molecular formula is C8H8N2. The van der Waals surface area contributed by atoms with Gasteiger partial charge in [-0.25, -0.2) is 0 Å². The van der Waals surface area contributed by atoms with E-state index in [2.05, 4.69) is 5.10 Å². The predicted molar refractivity (Wildman–Crippen MR) is 40.7 cm³/mol. The van der Waals surface area contributed by atoms with Crippen molar-refractivity contribution in [1.82, 2.24) is 9.78 Å². The minimum absolute atomic E-state index is 0.350. The Morgan fingerprint density at radius 3 is 3.10 bits per heavy atom. The molecule has 0 unspecified atom stereocenters. The lowest BCUT2D eigenvalue weighted by Crippen LogP contribution is -1.87. The predicted octanol–water partition coefficient (Wildman–Crippen LogP) is 1.57. The van der Waals surface area contributed by atoms with Gasteiger partial charge in [0.15, 0.2) is 0 Å². The van der Waals surface area contributed by atoms with E-state index in [9.17, 15) is 0 Å². The van der Waals surface area contributed by atoms with Gasteiger partial charge in [-0.1, -0.05) is 18.2 Å². The van der Waals surface area contributed by atoms with Crippen LogP contribution in [0.1, 0.15) is 1.37 Å². The summed E-state index contributed by atoms with van der Waals surface area (Å²) in [5, 5.41) is 4.89. The van der Waals surface area contributed by atoms with Crippen LogP contribution in [0.3, 0.4) is 0 Å². The highest BCUT2D eigenvalue weighted by Gasteiger charge is 1.93. The van der Waals surface area contributed by atoms with E-state index in [-0.39, 0.29) is 0 Å². The Labute approximate surface area is 60.5 Å². The summed E-state index contributed by atoms with van der Waals surface area (Å²) < 4.78 is 9.17. The molecular weight excluding hydrogens is 124 g/mol. The van der Waals surface area contributed by atoms with Crippen LogP contribution in [0, 0.1) is 0 Å². The van der Waals surface area contributed by atoms with Crippen molar-refractivity contribution in [2.45, 2.75) is 0 Å². The first-order valence-electron chi connectivity index (χ1n) is 3.67. The summed E-state index contributed by atoms with van der Waals surface area (Å²) in [6.45, 7) is 0. The fourth-order valence-electron chi connectivity index (χ4n) is 1.03. The number of para-hydroxylation sites is 1. The fourth-order valence-corrected chi connectivity index (χ4v) is 1.03. The van der Waals surface area contributed by atoms with Gasteiger partial charge in [-0.2, -0.15) is 5.10 Å². The van der Waals surface area contributed by atoms with Gasteiger partial charge in [-0.3, -0.25) is 4.68 Å². The third kappa shape index (κ3) is 0.620. The van der Waals surface area contributed by atoms with Gasteiger partial charge < -0.3 is 0 Å². The molecule has 2 heteroatoms. The molecule has 0 bridgehead atoms. The normalized spacial score (nSPS) is 11.9. The number of benzene rings is 1. The Morgan fingerprint density at radius 1 is 1.50 bits per heavy atom. The van der Waals surface area contributed by atoms with Crippen LogP contribution in [-0.4, -0.2) is 9.78 Å². The number of hydrogen-bond acceptors (Lipinski definition) is 1. The molecule has 0 N–H and O–H groups in total. The zero-order valence-corrected chi connectivity index (χ0v) is 5.70. The van der Waals surface area contributed by atoms with Crippen molar-refractivity contribution in [1.29, 1.82) is 0 Å². The summed E-state index contributed by atoms with van der Waals surface area (Å²) in [7, 11) is 1.85. The zero-order valence-electron chi connectivity index (χ0n) is 6.70. The number of fused-ring (bicyclic) bond motifs is 1. The van der Waals surface area contributed by atoms with E-state index in [1.807, 2.05) is 31.3 Å². The maximum Gasteiger partial charge on any atom is 0.0866 e. The van der Waals surface area contributed by atoms with Gasteiger partial charge in [-0.15, -0.1) is 0 Å². The second-order valence-corrected chi connectivity index (χ2v) is 2.25. The molecule has 0 aliphatic carbocycles. The lowest BCUT2D eigenvalue weighted by molar-refractivity contribution is 0.797. The highest BCUT2D eigenvalue weighted by Crippen LogP contribution is 2.09. The highest BCUT2D eigenvalue weighted by atomic mass is 15.2. The number of nitrogens with zero attached hydrogens (tertiary/aromatic N) is 2. The Hall–Kier alpha value is -1.31. The monoisotopic (exact) mass is 133 g/mol. The van der Waals surface area contributed by atoms with Crippen LogP contribution >= 0.6 is 0 Å². The van der Waals surface area contributed by atoms with E-state index in [1.165, 1.54) is 0 Å². The van der Waals surface area contributed by atoms with Crippen molar-refractivity contribution in [2.24, 2.45) is 7.05 Å². The lowest BCUT2D eigenvalue weighted by atomic mass is 10.3. The number of aromatic nitrogens is 2. The number of rotatable bonds is 0. The van der Waals surface area contributed by atoms with Crippen molar-refractivity contribution < 1.29 is 1.37 Å². The van der Waals surface area contributed by atoms with Crippen molar-refractivity contribution in [2.75, 3.05) is 0 Å². The smallest absolute Gasteiger partial charge is 0.0866 e. The molecule has 0 atom stereocenters. The van der Waals surface area contributed by atoms with Gasteiger partial charge >= 0.3 is 0 Å². The standard InChI is InChI=1S/C8H8N2/c1-10-8-5-3-2-4-7(8)6-9-10/h2-6H,1H3/i6D. The van der Waals surface area contributed by atoms with Crippen LogP contribution in [-0.2, 0) is 7.05 Å². The molecule has 0 aliphatic rings. The summed E-state index contributed by atoms with van der Waals surface area (Å²) >= 11 is 0. The third-order valence-corrected chi connectivity index (χ3v) is 1.57. The van der Waals surface area contributed by atoms with E-state index < -0.39 is 0 Å². The first kappa shape index (κ1) is 4.50. The highest BCUT2D eigenvalue weighted by molar-refractivity contribution is 5.78. The van der Waals surface area contributed by atoms with E-state index in [4.69, 9.17) is 1.37 Å². The first-order valence-corrected chi connectivity index (χ1v) is 3.17. The molecule has 10 heavy (non-hydrogen) atoms. The van der Waals surface area contributed by atoms with Crippen LogP contribution in [0.4, 0.5) is 0 Å². The molecule has 0 saturated heterocycles. The SMILES string of the molecule is [2H]c1nn(C)c2ccccc12. The molecule has 0 amide bonds. The summed E-state index contributed by atoms with van der Waals surface area (Å²) in [4.78, 5) is 0. The molecule has 0 aliphatic heterocycles. The molecule has 1 heterocycles. The summed E-state index contributed by atoms with van der Waals surface area (Å²) in [5.74, 6) is 0. The van der Waals surface area contributed by atoms with E-state index in [0.29, 0.717) is 6.17 Å². The van der Waals surface area contributed by atoms with Crippen LogP contribution in [0.25, 0.3) is 10.9 Å². The Bertz CT molecular complexity index is 356. The third-order valence-electron chi connectivity index (χ3n) is 1.57. The molecule has 2 aromatic rings. The molecule has 0 fully saturated rings. The average molecular weight is 133 g/mol. The van der Waals surface area contributed by atoms with E-state index in [0.717, 1.165) is 10.9 Å². The maximum atomic E-state index is 7.45. The molecule has 2 nitrogen and oxygen atoms in total. The first-order chi connectivity index (χ1) is 5.29. The quantitative estimate of drug-likeness (QED) is 0.533. The van der Waals surface area contributed by atoms with Crippen LogP contribution in [0.15, 0.2) is 30.4 Å². The molecule has 1 aromatic carbocycles. The topological polar surface area (TPSA) is 17.8 Å². The van der Waals surface area contributed by atoms with Crippen LogP contribution < -0.4 is 0 Å². The number of aryl methyl sites for hydroxylation is 1. The van der Waals surface area contributed by atoms with E-state index >= 15 is 0 Å². The van der Waals surface area contributed by atoms with E-state index in [1.54, 1.807) is 4.68 Å². The van der Waals surface area contributed by atoms with Gasteiger partial charge in [0.2, 0.25) is 0 Å². The lowest BCUT2D eigenvalue weighted by Gasteiger charge is -1.90. The average Bonchev–Trinajstić information content (AvgIpc) is 2.30. The van der Waals surface area contributed by atoms with Crippen LogP contribution in [0.5, 0.6) is 0 Å². The van der Waals surface area contributed by atoms with Gasteiger partial charge in [-0.05, 0) is 6.07 Å². The van der Waals surface area contributed by atoms with Gasteiger partial charge in [0, 0.05) is 12.4 Å². The second-order valence-electron chi connectivity index (χ2n) is 2.25. The summed E-state index contributed by atoms with van der Waals surface area (Å²) in [5.41, 5.74) is 1.01.